The Kier molecular flexibility index (Phi) is 26.2. The van der Waals surface area contributed by atoms with E-state index in [4.69, 9.17) is 0 Å². The van der Waals surface area contributed by atoms with Crippen molar-refractivity contribution in [2.24, 2.45) is 0 Å². The molecule has 1 radical (unpaired) electrons. The van der Waals surface area contributed by atoms with Gasteiger partial charge in [-0.15, -0.1) is 0 Å². The molecule has 0 aliphatic rings. The topological polar surface area (TPSA) is 0 Å². The molecule has 1 rings (SSSR count). The summed E-state index contributed by atoms with van der Waals surface area (Å²) in [6.45, 7) is 12.2. The molecule has 0 saturated heterocycles. The monoisotopic (exact) mass is 241 g/mol. The first-order chi connectivity index (χ1) is 5.43. The Labute approximate surface area is 96.9 Å². The van der Waals surface area contributed by atoms with Crippen molar-refractivity contribution in [1.82, 2.24) is 0 Å². The fourth-order valence-electron chi connectivity index (χ4n) is 0.650. The Hall–Kier alpha value is 0.233. The molecule has 12 heavy (non-hydrogen) atoms. The number of aryl methyl sites for hydroxylation is 1. The first-order valence-electron chi connectivity index (χ1n) is 4.05. The van der Waals surface area contributed by atoms with Gasteiger partial charge >= 0.3 is 26.2 Å². The summed E-state index contributed by atoms with van der Waals surface area (Å²) in [4.78, 5) is 0. The molecule has 0 heterocycles. The van der Waals surface area contributed by atoms with Gasteiger partial charge in [-0.2, -0.15) is 31.5 Å². The van der Waals surface area contributed by atoms with Crippen LogP contribution >= 0.6 is 0 Å². The molecule has 0 saturated carbocycles. The van der Waals surface area contributed by atoms with Crippen molar-refractivity contribution in [2.45, 2.75) is 27.2 Å². The zero-order chi connectivity index (χ0) is 9.11. The molecule has 0 aromatic heterocycles. The summed E-state index contributed by atoms with van der Waals surface area (Å²) >= 11 is 0. The van der Waals surface area contributed by atoms with Crippen molar-refractivity contribution in [1.29, 1.82) is 0 Å². The largest absolute Gasteiger partial charge is 3.00 e. The van der Waals surface area contributed by atoms with E-state index in [9.17, 15) is 0 Å². The smallest absolute Gasteiger partial charge is 0.346 e. The maximum atomic E-state index is 3.25. The second-order valence-electron chi connectivity index (χ2n) is 1.65. The second-order valence-corrected chi connectivity index (χ2v) is 1.65. The molecular weight excluding hydrogens is 223 g/mol. The van der Waals surface area contributed by atoms with Crippen LogP contribution in [0.3, 0.4) is 0 Å². The van der Waals surface area contributed by atoms with E-state index in [0.29, 0.717) is 0 Å². The van der Waals surface area contributed by atoms with E-state index >= 15 is 0 Å². The van der Waals surface area contributed by atoms with E-state index in [1.165, 1.54) is 5.56 Å². The van der Waals surface area contributed by atoms with Crippen molar-refractivity contribution < 1.29 is 26.2 Å². The van der Waals surface area contributed by atoms with Gasteiger partial charge in [0.2, 0.25) is 0 Å². The van der Waals surface area contributed by atoms with E-state index in [2.05, 4.69) is 45.0 Å². The summed E-state index contributed by atoms with van der Waals surface area (Å²) in [5.41, 5.74) is 1.43. The van der Waals surface area contributed by atoms with Gasteiger partial charge in [0.25, 0.3) is 0 Å². The Balaban J connectivity index is -0.000000144. The third-order valence-electron chi connectivity index (χ3n) is 1.14. The van der Waals surface area contributed by atoms with Crippen LogP contribution in [0.1, 0.15) is 26.3 Å². The quantitative estimate of drug-likeness (QED) is 0.660. The van der Waals surface area contributed by atoms with Crippen LogP contribution in [0.5, 0.6) is 0 Å². The average Bonchev–Trinajstić information content (AvgIpc) is 2.63. The van der Waals surface area contributed by atoms with Crippen LogP contribution in [-0.4, -0.2) is 0 Å². The van der Waals surface area contributed by atoms with Gasteiger partial charge in [0.1, 0.15) is 0 Å². The van der Waals surface area contributed by atoms with Gasteiger partial charge in [0, 0.05) is 0 Å². The van der Waals surface area contributed by atoms with Gasteiger partial charge in [-0.05, 0) is 0 Å². The number of hydrogen-bond acceptors (Lipinski definition) is 0. The third-order valence-corrected chi connectivity index (χ3v) is 1.14. The molecule has 0 aliphatic carbocycles. The molecule has 67 valence electrons. The molecule has 0 atom stereocenters. The van der Waals surface area contributed by atoms with Gasteiger partial charge in [0.05, 0.1) is 0 Å². The average molecular weight is 242 g/mol. The van der Waals surface area contributed by atoms with Crippen LogP contribution in [0.4, 0.5) is 0 Å². The van der Waals surface area contributed by atoms with Crippen molar-refractivity contribution in [3.63, 3.8) is 0 Å². The predicted molar refractivity (Wildman–Crippen MR) is 53.5 cm³/mol. The molecule has 0 amide bonds. The maximum Gasteiger partial charge on any atom is 3.00 e. The zero-order valence-electron chi connectivity index (χ0n) is 8.43. The molecule has 0 nitrogen and oxygen atoms in total. The van der Waals surface area contributed by atoms with Gasteiger partial charge in [-0.25, -0.2) is 12.1 Å². The fraction of sp³-hybridized carbons (Fsp3) is 0.364. The SMILES string of the molecule is CC[c-]1cccc1.[CH2-]C.[CH2-]C.[Zr+3]. The molecule has 0 spiro atoms. The van der Waals surface area contributed by atoms with E-state index in [-0.39, 0.29) is 26.2 Å². The first kappa shape index (κ1) is 18.1. The summed E-state index contributed by atoms with van der Waals surface area (Å²) in [6, 6.07) is 8.41. The minimum atomic E-state index is 0. The van der Waals surface area contributed by atoms with E-state index < -0.39 is 0 Å². The second kappa shape index (κ2) is 17.4. The van der Waals surface area contributed by atoms with Crippen molar-refractivity contribution in [3.05, 3.63) is 43.7 Å². The predicted octanol–water partition coefficient (Wildman–Crippen LogP) is 3.65. The van der Waals surface area contributed by atoms with E-state index in [1.54, 1.807) is 13.8 Å². The first-order valence-corrected chi connectivity index (χ1v) is 4.05. The minimum absolute atomic E-state index is 0. The van der Waals surface area contributed by atoms with Gasteiger partial charge in [0.15, 0.2) is 0 Å². The summed E-state index contributed by atoms with van der Waals surface area (Å²) in [5.74, 6) is 0. The molecule has 0 fully saturated rings. The van der Waals surface area contributed by atoms with Crippen LogP contribution in [-0.2, 0) is 32.6 Å². The molecule has 0 bridgehead atoms. The number of rotatable bonds is 1. The number of hydrogen-bond donors (Lipinski definition) is 0. The molecular formula is C11H19Zr. The van der Waals surface area contributed by atoms with E-state index in [0.717, 1.165) is 6.42 Å². The summed E-state index contributed by atoms with van der Waals surface area (Å²) in [5, 5.41) is 0. The van der Waals surface area contributed by atoms with Crippen LogP contribution < -0.4 is 0 Å². The van der Waals surface area contributed by atoms with Crippen molar-refractivity contribution in [3.8, 4) is 0 Å². The van der Waals surface area contributed by atoms with Crippen molar-refractivity contribution >= 4 is 0 Å². The van der Waals surface area contributed by atoms with Crippen LogP contribution in [0, 0.1) is 13.8 Å². The van der Waals surface area contributed by atoms with Gasteiger partial charge < -0.3 is 13.8 Å². The minimum Gasteiger partial charge on any atom is -0.346 e. The normalized spacial score (nSPS) is 6.42. The Morgan fingerprint density at radius 3 is 1.50 bits per heavy atom. The summed E-state index contributed by atoms with van der Waals surface area (Å²) < 4.78 is 0. The van der Waals surface area contributed by atoms with Crippen molar-refractivity contribution in [2.75, 3.05) is 0 Å². The summed E-state index contributed by atoms with van der Waals surface area (Å²) in [6.07, 6.45) is 1.16. The molecule has 0 unspecified atom stereocenters. The van der Waals surface area contributed by atoms with Gasteiger partial charge in [-0.1, -0.05) is 13.3 Å². The van der Waals surface area contributed by atoms with E-state index in [1.807, 2.05) is 0 Å². The molecule has 1 heteroatoms. The molecule has 1 aromatic carbocycles. The Bertz CT molecular complexity index is 120. The standard InChI is InChI=1S/C7H9.2C2H5.Zr/c1-2-7-5-3-4-6-7;2*1-2;/h3-6H,2H2,1H3;2*1H2,2H3;/q3*-1;+3. The van der Waals surface area contributed by atoms with Crippen LogP contribution in [0.25, 0.3) is 0 Å². The third kappa shape index (κ3) is 10.2. The fourth-order valence-corrected chi connectivity index (χ4v) is 0.650. The van der Waals surface area contributed by atoms with Crippen LogP contribution in [0.15, 0.2) is 24.3 Å². The zero-order valence-corrected chi connectivity index (χ0v) is 10.9. The summed E-state index contributed by atoms with van der Waals surface area (Å²) in [7, 11) is 0. The molecule has 1 aromatic rings. The Morgan fingerprint density at radius 2 is 1.33 bits per heavy atom. The molecule has 0 aliphatic heterocycles. The molecule has 0 N–H and O–H groups in total. The van der Waals surface area contributed by atoms with Gasteiger partial charge in [-0.3, -0.25) is 0 Å². The maximum absolute atomic E-state index is 3.25. The van der Waals surface area contributed by atoms with Crippen LogP contribution in [0.2, 0.25) is 0 Å². The Morgan fingerprint density at radius 1 is 1.00 bits per heavy atom.